The third-order valence-electron chi connectivity index (χ3n) is 14.0. The van der Waals surface area contributed by atoms with E-state index in [4.69, 9.17) is 0 Å². The molecule has 1 spiro atoms. The minimum atomic E-state index is -0.633. The van der Waals surface area contributed by atoms with Crippen molar-refractivity contribution in [3.05, 3.63) is 264 Å². The Kier molecular flexibility index (Phi) is 8.52. The van der Waals surface area contributed by atoms with Crippen LogP contribution in [0.5, 0.6) is 0 Å². The number of hydrogen-bond donors (Lipinski definition) is 0. The smallest absolute Gasteiger partial charge is 0.0992 e. The van der Waals surface area contributed by atoms with E-state index in [0.29, 0.717) is 11.1 Å². The summed E-state index contributed by atoms with van der Waals surface area (Å²) in [6.45, 7) is 0. The summed E-state index contributed by atoms with van der Waals surface area (Å²) in [4.78, 5) is 4.48. The van der Waals surface area contributed by atoms with Crippen molar-refractivity contribution >= 4 is 66.4 Å². The maximum Gasteiger partial charge on any atom is 0.0992 e. The molecule has 11 aromatic rings. The van der Waals surface area contributed by atoms with Gasteiger partial charge < -0.3 is 9.80 Å². The fourth-order valence-electron chi connectivity index (χ4n) is 11.3. The lowest BCUT2D eigenvalue weighted by Gasteiger charge is -2.32. The van der Waals surface area contributed by atoms with Crippen molar-refractivity contribution < 1.29 is 0 Å². The molecule has 0 heterocycles. The molecule has 13 rings (SSSR count). The van der Waals surface area contributed by atoms with Crippen LogP contribution in [0.2, 0.25) is 0 Å². The summed E-state index contributed by atoms with van der Waals surface area (Å²) in [5.41, 5.74) is 16.7. The van der Waals surface area contributed by atoms with Crippen molar-refractivity contribution in [2.45, 2.75) is 5.41 Å². The van der Waals surface area contributed by atoms with E-state index in [1.54, 1.807) is 0 Å². The number of nitriles is 2. The predicted molar refractivity (Wildman–Crippen MR) is 274 cm³/mol. The Balaban J connectivity index is 1.08. The molecule has 0 aromatic heterocycles. The molecule has 4 nitrogen and oxygen atoms in total. The van der Waals surface area contributed by atoms with Gasteiger partial charge in [-0.15, -0.1) is 0 Å². The van der Waals surface area contributed by atoms with Gasteiger partial charge in [-0.25, -0.2) is 0 Å². The molecular weight excluding hydrogens is 813 g/mol. The van der Waals surface area contributed by atoms with Gasteiger partial charge in [0.2, 0.25) is 0 Å². The van der Waals surface area contributed by atoms with E-state index in [-0.39, 0.29) is 0 Å². The molecule has 0 saturated carbocycles. The van der Waals surface area contributed by atoms with Crippen molar-refractivity contribution in [2.75, 3.05) is 9.80 Å². The van der Waals surface area contributed by atoms with Gasteiger partial charge in [-0.2, -0.15) is 10.5 Å². The highest BCUT2D eigenvalue weighted by atomic mass is 15.1. The van der Waals surface area contributed by atoms with Gasteiger partial charge in [0.25, 0.3) is 0 Å². The highest BCUT2D eigenvalue weighted by Gasteiger charge is 2.53. The molecule has 0 fully saturated rings. The van der Waals surface area contributed by atoms with Gasteiger partial charge in [-0.3, -0.25) is 0 Å². The molecule has 0 bridgehead atoms. The molecule has 1 atom stereocenters. The molecule has 1 unspecified atom stereocenters. The van der Waals surface area contributed by atoms with E-state index in [9.17, 15) is 10.5 Å². The first-order chi connectivity index (χ1) is 33.1. The third-order valence-corrected chi connectivity index (χ3v) is 14.0. The van der Waals surface area contributed by atoms with Crippen LogP contribution >= 0.6 is 0 Å². The van der Waals surface area contributed by atoms with E-state index in [0.717, 1.165) is 50.3 Å². The SMILES string of the molecule is N#Cc1cccc(N(c2ccccc2)c2ccc3cc4c(cc3c2)C2(c3ccccc3-c3c2ccc2ccccc32)c2c-4ccc3cc(N(c4ccccc4)c4cccc(C#N)c4)ccc23)c1. The van der Waals surface area contributed by atoms with E-state index in [2.05, 4.69) is 204 Å². The van der Waals surface area contributed by atoms with Crippen LogP contribution in [0.15, 0.2) is 231 Å². The lowest BCUT2D eigenvalue weighted by Crippen LogP contribution is -2.26. The molecule has 0 amide bonds. The monoisotopic (exact) mass is 850 g/mol. The zero-order valence-electron chi connectivity index (χ0n) is 36.2. The van der Waals surface area contributed by atoms with Crippen LogP contribution < -0.4 is 9.80 Å². The number of benzene rings is 11. The van der Waals surface area contributed by atoms with Crippen molar-refractivity contribution in [3.8, 4) is 34.4 Å². The highest BCUT2D eigenvalue weighted by molar-refractivity contribution is 6.11. The highest BCUT2D eigenvalue weighted by Crippen LogP contribution is 2.65. The summed E-state index contributed by atoms with van der Waals surface area (Å²) in [5, 5.41) is 26.9. The summed E-state index contributed by atoms with van der Waals surface area (Å²) in [5.74, 6) is 0. The Labute approximate surface area is 388 Å². The fraction of sp³-hybridized carbons (Fsp3) is 0.0159. The average Bonchev–Trinajstić information content (AvgIpc) is 3.86. The van der Waals surface area contributed by atoms with E-state index < -0.39 is 5.41 Å². The van der Waals surface area contributed by atoms with Gasteiger partial charge >= 0.3 is 0 Å². The van der Waals surface area contributed by atoms with Crippen molar-refractivity contribution in [2.24, 2.45) is 0 Å². The maximum atomic E-state index is 9.92. The number of hydrogen-bond acceptors (Lipinski definition) is 4. The van der Waals surface area contributed by atoms with Gasteiger partial charge in [0.1, 0.15) is 0 Å². The standard InChI is InChI=1S/C63H38N4/c64-39-41-13-11-20-49(33-41)66(47-16-3-1-4-17-47)51-28-25-44-37-57-55-30-26-45-35-52(67(48-18-5-2-6-19-48)50-21-12-14-42(34-50)40-65)29-31-54(45)62(55)63(60(57)38-46(44)36-51)58-24-10-9-23-56(58)61-53-22-8-7-15-43(53)27-32-59(61)63/h1-38H. The van der Waals surface area contributed by atoms with Gasteiger partial charge in [0, 0.05) is 34.1 Å². The molecule has 2 aliphatic rings. The van der Waals surface area contributed by atoms with Gasteiger partial charge in [-0.05, 0) is 174 Å². The molecule has 11 aromatic carbocycles. The summed E-state index contributed by atoms with van der Waals surface area (Å²) in [6.07, 6.45) is 0. The lowest BCUT2D eigenvalue weighted by molar-refractivity contribution is 0.803. The zero-order valence-corrected chi connectivity index (χ0v) is 36.2. The fourth-order valence-corrected chi connectivity index (χ4v) is 11.3. The molecule has 0 radical (unpaired) electrons. The van der Waals surface area contributed by atoms with E-state index in [1.807, 2.05) is 48.5 Å². The van der Waals surface area contributed by atoms with Crippen LogP contribution in [0.3, 0.4) is 0 Å². The van der Waals surface area contributed by atoms with Gasteiger partial charge in [0.05, 0.1) is 28.7 Å². The Morgan fingerprint density at radius 1 is 0.313 bits per heavy atom. The van der Waals surface area contributed by atoms with Crippen LogP contribution in [-0.2, 0) is 5.41 Å². The number of rotatable bonds is 6. The third kappa shape index (κ3) is 5.71. The second-order valence-corrected chi connectivity index (χ2v) is 17.5. The lowest BCUT2D eigenvalue weighted by atomic mass is 9.69. The van der Waals surface area contributed by atoms with Crippen molar-refractivity contribution in [1.29, 1.82) is 10.5 Å². The number of para-hydroxylation sites is 2. The molecule has 0 aliphatic heterocycles. The first-order valence-corrected chi connectivity index (χ1v) is 22.6. The second kappa shape index (κ2) is 14.9. The van der Waals surface area contributed by atoms with E-state index >= 15 is 0 Å². The Bertz CT molecular complexity index is 3920. The predicted octanol–water partition coefficient (Wildman–Crippen LogP) is 16.2. The largest absolute Gasteiger partial charge is 0.310 e. The Hall–Kier alpha value is -9.22. The summed E-state index contributed by atoms with van der Waals surface area (Å²) >= 11 is 0. The quantitative estimate of drug-likeness (QED) is 0.167. The second-order valence-electron chi connectivity index (χ2n) is 17.5. The summed E-state index contributed by atoms with van der Waals surface area (Å²) < 4.78 is 0. The van der Waals surface area contributed by atoms with Crippen LogP contribution in [0.1, 0.15) is 33.4 Å². The van der Waals surface area contributed by atoms with Gasteiger partial charge in [0.15, 0.2) is 0 Å². The van der Waals surface area contributed by atoms with Crippen LogP contribution in [0, 0.1) is 22.7 Å². The van der Waals surface area contributed by atoms with Crippen molar-refractivity contribution in [3.63, 3.8) is 0 Å². The molecule has 2 aliphatic carbocycles. The molecular formula is C63H38N4. The number of fused-ring (bicyclic) bond motifs is 15. The minimum Gasteiger partial charge on any atom is -0.310 e. The topological polar surface area (TPSA) is 54.1 Å². The first-order valence-electron chi connectivity index (χ1n) is 22.6. The maximum absolute atomic E-state index is 9.92. The van der Waals surface area contributed by atoms with Gasteiger partial charge in [-0.1, -0.05) is 133 Å². The summed E-state index contributed by atoms with van der Waals surface area (Å²) in [6, 6.07) is 86.8. The number of anilines is 6. The molecule has 310 valence electrons. The number of nitrogens with zero attached hydrogens (tertiary/aromatic N) is 4. The summed E-state index contributed by atoms with van der Waals surface area (Å²) in [7, 11) is 0. The zero-order chi connectivity index (χ0) is 44.6. The Morgan fingerprint density at radius 2 is 0.881 bits per heavy atom. The molecule has 4 heteroatoms. The average molecular weight is 851 g/mol. The molecule has 0 N–H and O–H groups in total. The molecule has 0 saturated heterocycles. The van der Waals surface area contributed by atoms with Crippen molar-refractivity contribution in [1.82, 2.24) is 0 Å². The first kappa shape index (κ1) is 38.3. The normalized spacial score (nSPS) is 14.0. The van der Waals surface area contributed by atoms with Crippen LogP contribution in [0.4, 0.5) is 34.1 Å². The molecule has 67 heavy (non-hydrogen) atoms. The Morgan fingerprint density at radius 3 is 1.58 bits per heavy atom. The van der Waals surface area contributed by atoms with Crippen LogP contribution in [-0.4, -0.2) is 0 Å². The minimum absolute atomic E-state index is 0.614. The van der Waals surface area contributed by atoms with Crippen LogP contribution in [0.25, 0.3) is 54.6 Å². The van der Waals surface area contributed by atoms with E-state index in [1.165, 1.54) is 60.7 Å².